The van der Waals surface area contributed by atoms with Crippen molar-refractivity contribution in [1.82, 2.24) is 15.0 Å². The maximum atomic E-state index is 4.41. The van der Waals surface area contributed by atoms with E-state index in [0.717, 1.165) is 27.5 Å². The SMILES string of the molecule is C(=N/Nc1nc2ccccc2[nH]1)/c1ccnc2ccccc12. The molecule has 0 fully saturated rings. The lowest BCUT2D eigenvalue weighted by molar-refractivity contribution is 1.21. The lowest BCUT2D eigenvalue weighted by Gasteiger charge is -2.00. The summed E-state index contributed by atoms with van der Waals surface area (Å²) in [5.74, 6) is 0.621. The molecular formula is C17H13N5. The van der Waals surface area contributed by atoms with Gasteiger partial charge < -0.3 is 4.98 Å². The summed E-state index contributed by atoms with van der Waals surface area (Å²) in [6.45, 7) is 0. The van der Waals surface area contributed by atoms with Gasteiger partial charge in [-0.25, -0.2) is 10.4 Å². The summed E-state index contributed by atoms with van der Waals surface area (Å²) in [6.07, 6.45) is 3.56. The van der Waals surface area contributed by atoms with Gasteiger partial charge in [-0.15, -0.1) is 0 Å². The molecule has 0 aliphatic rings. The molecule has 0 aliphatic heterocycles. The van der Waals surface area contributed by atoms with Gasteiger partial charge >= 0.3 is 0 Å². The van der Waals surface area contributed by atoms with Crippen LogP contribution in [0.2, 0.25) is 0 Å². The van der Waals surface area contributed by atoms with E-state index in [2.05, 4.69) is 25.5 Å². The van der Waals surface area contributed by atoms with Crippen molar-refractivity contribution in [2.24, 2.45) is 5.10 Å². The molecule has 2 aromatic heterocycles. The van der Waals surface area contributed by atoms with E-state index >= 15 is 0 Å². The van der Waals surface area contributed by atoms with Crippen LogP contribution in [-0.4, -0.2) is 21.2 Å². The fourth-order valence-electron chi connectivity index (χ4n) is 2.40. The molecule has 2 heterocycles. The highest BCUT2D eigenvalue weighted by molar-refractivity contribution is 5.98. The van der Waals surface area contributed by atoms with Gasteiger partial charge in [0.05, 0.1) is 22.8 Å². The number of hydrazone groups is 1. The van der Waals surface area contributed by atoms with Crippen LogP contribution in [-0.2, 0) is 0 Å². The van der Waals surface area contributed by atoms with E-state index in [0.29, 0.717) is 5.95 Å². The smallest absolute Gasteiger partial charge is 0.222 e. The van der Waals surface area contributed by atoms with Gasteiger partial charge in [-0.05, 0) is 24.3 Å². The quantitative estimate of drug-likeness (QED) is 0.447. The Hall–Kier alpha value is -3.21. The largest absolute Gasteiger partial charge is 0.323 e. The van der Waals surface area contributed by atoms with Crippen LogP contribution in [0, 0.1) is 0 Å². The summed E-state index contributed by atoms with van der Waals surface area (Å²) < 4.78 is 0. The average molecular weight is 287 g/mol. The normalized spacial score (nSPS) is 11.5. The van der Waals surface area contributed by atoms with Crippen LogP contribution in [0.15, 0.2) is 65.9 Å². The first-order chi connectivity index (χ1) is 10.9. The second kappa shape index (κ2) is 5.29. The molecule has 0 atom stereocenters. The van der Waals surface area contributed by atoms with Crippen LogP contribution >= 0.6 is 0 Å². The number of benzene rings is 2. The average Bonchev–Trinajstić information content (AvgIpc) is 2.98. The third-order valence-corrected chi connectivity index (χ3v) is 3.45. The minimum Gasteiger partial charge on any atom is -0.323 e. The molecule has 0 aliphatic carbocycles. The van der Waals surface area contributed by atoms with Gasteiger partial charge in [-0.2, -0.15) is 5.10 Å². The van der Waals surface area contributed by atoms with Crippen LogP contribution in [0.4, 0.5) is 5.95 Å². The topological polar surface area (TPSA) is 66.0 Å². The summed E-state index contributed by atoms with van der Waals surface area (Å²) in [4.78, 5) is 11.9. The Morgan fingerprint density at radius 3 is 2.68 bits per heavy atom. The summed E-state index contributed by atoms with van der Waals surface area (Å²) in [5.41, 5.74) is 6.78. The standard InChI is InChI=1S/C17H13N5/c1-2-6-14-13(5-1)12(9-10-18-14)11-19-22-17-20-15-7-3-4-8-16(15)21-17/h1-11H,(H2,20,21,22)/b19-11-. The molecule has 4 aromatic rings. The number of hydrogen-bond donors (Lipinski definition) is 2. The maximum Gasteiger partial charge on any atom is 0.222 e. The van der Waals surface area contributed by atoms with Gasteiger partial charge in [0.25, 0.3) is 0 Å². The minimum atomic E-state index is 0.621. The van der Waals surface area contributed by atoms with E-state index < -0.39 is 0 Å². The van der Waals surface area contributed by atoms with E-state index in [1.807, 2.05) is 54.6 Å². The molecule has 0 bridgehead atoms. The highest BCUT2D eigenvalue weighted by Gasteiger charge is 2.00. The van der Waals surface area contributed by atoms with Crippen LogP contribution in [0.3, 0.4) is 0 Å². The molecule has 4 rings (SSSR count). The summed E-state index contributed by atoms with van der Waals surface area (Å²) >= 11 is 0. The Bertz CT molecular complexity index is 933. The van der Waals surface area contributed by atoms with Crippen LogP contribution in [0.5, 0.6) is 0 Å². The van der Waals surface area contributed by atoms with E-state index in [1.165, 1.54) is 0 Å². The molecule has 0 spiro atoms. The number of aromatic amines is 1. The van der Waals surface area contributed by atoms with Crippen molar-refractivity contribution in [3.8, 4) is 0 Å². The van der Waals surface area contributed by atoms with Crippen LogP contribution in [0.25, 0.3) is 21.9 Å². The Balaban J connectivity index is 1.61. The number of pyridine rings is 1. The van der Waals surface area contributed by atoms with E-state index in [9.17, 15) is 0 Å². The zero-order valence-corrected chi connectivity index (χ0v) is 11.7. The minimum absolute atomic E-state index is 0.621. The number of rotatable bonds is 3. The third-order valence-electron chi connectivity index (χ3n) is 3.45. The molecule has 0 amide bonds. The van der Waals surface area contributed by atoms with E-state index in [4.69, 9.17) is 0 Å². The van der Waals surface area contributed by atoms with Crippen molar-refractivity contribution in [2.75, 3.05) is 5.43 Å². The Morgan fingerprint density at radius 1 is 0.955 bits per heavy atom. The molecule has 22 heavy (non-hydrogen) atoms. The lowest BCUT2D eigenvalue weighted by Crippen LogP contribution is -1.93. The number of H-pyrrole nitrogens is 1. The Kier molecular flexibility index (Phi) is 3.01. The number of hydrogen-bond acceptors (Lipinski definition) is 4. The molecule has 5 heteroatoms. The Labute approximate surface area is 126 Å². The van der Waals surface area contributed by atoms with Gasteiger partial charge in [-0.1, -0.05) is 30.3 Å². The predicted molar refractivity (Wildman–Crippen MR) is 89.1 cm³/mol. The fraction of sp³-hybridized carbons (Fsp3) is 0. The van der Waals surface area contributed by atoms with Gasteiger partial charge in [0.1, 0.15) is 0 Å². The number of fused-ring (bicyclic) bond motifs is 2. The monoisotopic (exact) mass is 287 g/mol. The lowest BCUT2D eigenvalue weighted by atomic mass is 10.1. The summed E-state index contributed by atoms with van der Waals surface area (Å²) in [7, 11) is 0. The Morgan fingerprint density at radius 2 is 1.77 bits per heavy atom. The van der Waals surface area contributed by atoms with Crippen molar-refractivity contribution in [3.63, 3.8) is 0 Å². The first kappa shape index (κ1) is 12.5. The van der Waals surface area contributed by atoms with Crippen LogP contribution < -0.4 is 5.43 Å². The van der Waals surface area contributed by atoms with Gasteiger partial charge in [0, 0.05) is 17.1 Å². The van der Waals surface area contributed by atoms with Crippen molar-refractivity contribution >= 4 is 34.1 Å². The molecule has 0 saturated carbocycles. The van der Waals surface area contributed by atoms with Gasteiger partial charge in [-0.3, -0.25) is 4.98 Å². The molecular weight excluding hydrogens is 274 g/mol. The van der Waals surface area contributed by atoms with Gasteiger partial charge in [0.2, 0.25) is 5.95 Å². The molecule has 0 saturated heterocycles. The predicted octanol–water partition coefficient (Wildman–Crippen LogP) is 3.56. The number of nitrogens with one attached hydrogen (secondary N) is 2. The van der Waals surface area contributed by atoms with E-state index in [-0.39, 0.29) is 0 Å². The number of nitrogens with zero attached hydrogens (tertiary/aromatic N) is 3. The molecule has 0 unspecified atom stereocenters. The third kappa shape index (κ3) is 2.29. The van der Waals surface area contributed by atoms with Crippen molar-refractivity contribution in [1.29, 1.82) is 0 Å². The first-order valence-electron chi connectivity index (χ1n) is 6.98. The van der Waals surface area contributed by atoms with Crippen molar-refractivity contribution in [2.45, 2.75) is 0 Å². The second-order valence-electron chi connectivity index (χ2n) is 4.89. The molecule has 0 radical (unpaired) electrons. The van der Waals surface area contributed by atoms with Crippen molar-refractivity contribution in [3.05, 3.63) is 66.4 Å². The van der Waals surface area contributed by atoms with E-state index in [1.54, 1.807) is 12.4 Å². The van der Waals surface area contributed by atoms with Crippen LogP contribution in [0.1, 0.15) is 5.56 Å². The number of aromatic nitrogens is 3. The zero-order chi connectivity index (χ0) is 14.8. The first-order valence-corrected chi connectivity index (χ1v) is 6.98. The molecule has 2 N–H and O–H groups in total. The summed E-state index contributed by atoms with van der Waals surface area (Å²) in [6, 6.07) is 17.8. The van der Waals surface area contributed by atoms with Gasteiger partial charge in [0.15, 0.2) is 0 Å². The fourth-order valence-corrected chi connectivity index (χ4v) is 2.40. The number of para-hydroxylation sites is 3. The highest BCUT2D eigenvalue weighted by atomic mass is 15.3. The zero-order valence-electron chi connectivity index (χ0n) is 11.7. The second-order valence-corrected chi connectivity index (χ2v) is 4.89. The molecule has 106 valence electrons. The highest BCUT2D eigenvalue weighted by Crippen LogP contribution is 2.15. The molecule has 2 aromatic carbocycles. The molecule has 5 nitrogen and oxygen atoms in total. The number of anilines is 1. The maximum absolute atomic E-state index is 4.41. The number of imidazole rings is 1. The summed E-state index contributed by atoms with van der Waals surface area (Å²) in [5, 5.41) is 5.33. The van der Waals surface area contributed by atoms with Crippen molar-refractivity contribution < 1.29 is 0 Å².